The molecule has 0 saturated heterocycles. The fourth-order valence-electron chi connectivity index (χ4n) is 4.69. The van der Waals surface area contributed by atoms with Crippen LogP contribution in [-0.2, 0) is 0 Å². The molecule has 3 aromatic carbocycles. The average molecular weight is 463 g/mol. The summed E-state index contributed by atoms with van der Waals surface area (Å²) in [7, 11) is 0. The highest BCUT2D eigenvalue weighted by Gasteiger charge is 2.27. The Morgan fingerprint density at radius 3 is 2.43 bits per heavy atom. The van der Waals surface area contributed by atoms with Crippen molar-refractivity contribution in [3.63, 3.8) is 0 Å². The van der Waals surface area contributed by atoms with Crippen LogP contribution in [0.5, 0.6) is 0 Å². The maximum absolute atomic E-state index is 14.4. The van der Waals surface area contributed by atoms with Crippen molar-refractivity contribution < 1.29 is 8.91 Å². The molecule has 2 aromatic heterocycles. The lowest BCUT2D eigenvalue weighted by Gasteiger charge is -2.31. The average Bonchev–Trinajstić information content (AvgIpc) is 3.52. The maximum Gasteiger partial charge on any atom is 0.216 e. The highest BCUT2D eigenvalue weighted by Crippen LogP contribution is 2.45. The van der Waals surface area contributed by atoms with Crippen LogP contribution in [0.2, 0.25) is 0 Å². The molecule has 1 saturated carbocycles. The highest BCUT2D eigenvalue weighted by molar-refractivity contribution is 6.01. The molecule has 0 aliphatic heterocycles. The lowest BCUT2D eigenvalue weighted by atomic mass is 9.73. The maximum atomic E-state index is 14.4. The second-order valence-electron chi connectivity index (χ2n) is 8.80. The third kappa shape index (κ3) is 4.19. The summed E-state index contributed by atoms with van der Waals surface area (Å²) in [5.74, 6) is 0.588. The summed E-state index contributed by atoms with van der Waals surface area (Å²) >= 11 is 0. The SMILES string of the molecule is Fc1[nH]nc2ccc(C(=C(c3ccccc3)C3CCC3)c3ccc(C=Cc4ncon4)cc3)cc12. The van der Waals surface area contributed by atoms with E-state index < -0.39 is 5.95 Å². The minimum absolute atomic E-state index is 0.409. The Labute approximate surface area is 202 Å². The first-order valence-electron chi connectivity index (χ1n) is 11.7. The molecule has 0 amide bonds. The number of nitrogens with zero attached hydrogens (tertiary/aromatic N) is 3. The van der Waals surface area contributed by atoms with Gasteiger partial charge in [0.2, 0.25) is 12.3 Å². The molecule has 5 nitrogen and oxygen atoms in total. The van der Waals surface area contributed by atoms with Gasteiger partial charge in [-0.25, -0.2) is 0 Å². The molecule has 172 valence electrons. The zero-order valence-corrected chi connectivity index (χ0v) is 19.0. The van der Waals surface area contributed by atoms with E-state index in [4.69, 9.17) is 4.52 Å². The van der Waals surface area contributed by atoms with E-state index in [1.54, 1.807) is 0 Å². The summed E-state index contributed by atoms with van der Waals surface area (Å²) in [6.45, 7) is 0. The first-order chi connectivity index (χ1) is 17.3. The van der Waals surface area contributed by atoms with Crippen molar-refractivity contribution in [2.45, 2.75) is 19.3 Å². The minimum Gasteiger partial charge on any atom is -0.342 e. The van der Waals surface area contributed by atoms with Gasteiger partial charge in [0.1, 0.15) is 0 Å². The Balaban J connectivity index is 1.51. The summed E-state index contributed by atoms with van der Waals surface area (Å²) in [6.07, 6.45) is 8.61. The van der Waals surface area contributed by atoms with Crippen LogP contribution in [0.3, 0.4) is 0 Å². The van der Waals surface area contributed by atoms with E-state index in [1.165, 1.54) is 24.0 Å². The predicted octanol–water partition coefficient (Wildman–Crippen LogP) is 7.01. The first kappa shape index (κ1) is 21.2. The molecule has 35 heavy (non-hydrogen) atoms. The van der Waals surface area contributed by atoms with Crippen molar-refractivity contribution in [1.29, 1.82) is 0 Å². The molecule has 5 aromatic rings. The summed E-state index contributed by atoms with van der Waals surface area (Å²) < 4.78 is 19.2. The fraction of sp³-hybridized carbons (Fsp3) is 0.138. The van der Waals surface area contributed by atoms with Gasteiger partial charge < -0.3 is 4.52 Å². The molecular formula is C29H23FN4O. The number of allylic oxidation sites excluding steroid dienone is 1. The second-order valence-corrected chi connectivity index (χ2v) is 8.80. The van der Waals surface area contributed by atoms with Crippen molar-refractivity contribution in [1.82, 2.24) is 20.3 Å². The molecule has 1 aliphatic rings. The monoisotopic (exact) mass is 462 g/mol. The van der Waals surface area contributed by atoms with Gasteiger partial charge in [-0.05, 0) is 70.4 Å². The van der Waals surface area contributed by atoms with E-state index in [0.717, 1.165) is 35.1 Å². The van der Waals surface area contributed by atoms with E-state index in [1.807, 2.05) is 36.4 Å². The van der Waals surface area contributed by atoms with Crippen molar-refractivity contribution in [3.05, 3.63) is 113 Å². The Hall–Kier alpha value is -4.32. The number of fused-ring (bicyclic) bond motifs is 1. The van der Waals surface area contributed by atoms with Crippen molar-refractivity contribution in [3.8, 4) is 0 Å². The van der Waals surface area contributed by atoms with Gasteiger partial charge in [0.15, 0.2) is 5.82 Å². The Bertz CT molecular complexity index is 1510. The van der Waals surface area contributed by atoms with Crippen molar-refractivity contribution in [2.24, 2.45) is 5.92 Å². The van der Waals surface area contributed by atoms with Gasteiger partial charge in [-0.15, -0.1) is 0 Å². The molecule has 0 unspecified atom stereocenters. The number of aromatic nitrogens is 4. The Morgan fingerprint density at radius 1 is 0.914 bits per heavy atom. The first-order valence-corrected chi connectivity index (χ1v) is 11.7. The topological polar surface area (TPSA) is 67.6 Å². The van der Waals surface area contributed by atoms with Crippen LogP contribution in [-0.4, -0.2) is 20.3 Å². The van der Waals surface area contributed by atoms with Crippen LogP contribution in [0.1, 0.15) is 47.3 Å². The van der Waals surface area contributed by atoms with Crippen LogP contribution in [0.25, 0.3) is 34.2 Å². The van der Waals surface area contributed by atoms with E-state index in [2.05, 4.69) is 68.9 Å². The summed E-state index contributed by atoms with van der Waals surface area (Å²) in [6, 6.07) is 24.8. The van der Waals surface area contributed by atoms with E-state index in [0.29, 0.717) is 22.6 Å². The number of nitrogens with one attached hydrogen (secondary N) is 1. The summed E-state index contributed by atoms with van der Waals surface area (Å²) in [5, 5.41) is 10.9. The summed E-state index contributed by atoms with van der Waals surface area (Å²) in [4.78, 5) is 4.03. The second kappa shape index (κ2) is 9.14. The number of aromatic amines is 1. The minimum atomic E-state index is -0.409. The van der Waals surface area contributed by atoms with Crippen LogP contribution in [0.4, 0.5) is 4.39 Å². The lowest BCUT2D eigenvalue weighted by molar-refractivity contribution is 0.401. The van der Waals surface area contributed by atoms with E-state index >= 15 is 0 Å². The normalized spacial score (nSPS) is 14.9. The molecular weight excluding hydrogens is 439 g/mol. The number of halogens is 1. The third-order valence-corrected chi connectivity index (χ3v) is 6.67. The largest absolute Gasteiger partial charge is 0.342 e. The highest BCUT2D eigenvalue weighted by atomic mass is 19.1. The van der Waals surface area contributed by atoms with Gasteiger partial charge >= 0.3 is 0 Å². The van der Waals surface area contributed by atoms with Crippen LogP contribution >= 0.6 is 0 Å². The standard InChI is InChI=1S/C29H23FN4O/c30-29-24-17-23(14-15-25(24)32-33-29)28(27(21-7-4-8-21)20-5-2-1-3-6-20)22-12-9-19(10-13-22)11-16-26-31-18-35-34-26/h1-3,5-6,9-18,21H,4,7-8H2,(H,32,33). The van der Waals surface area contributed by atoms with Crippen LogP contribution in [0.15, 0.2) is 83.7 Å². The van der Waals surface area contributed by atoms with Crippen molar-refractivity contribution in [2.75, 3.05) is 0 Å². The Kier molecular flexibility index (Phi) is 5.54. The van der Waals surface area contributed by atoms with Crippen LogP contribution in [0, 0.1) is 11.9 Å². The number of benzene rings is 3. The summed E-state index contributed by atoms with van der Waals surface area (Å²) in [5.41, 5.74) is 7.39. The van der Waals surface area contributed by atoms with Gasteiger partial charge in [0, 0.05) is 0 Å². The van der Waals surface area contributed by atoms with Gasteiger partial charge in [-0.1, -0.05) is 78.3 Å². The lowest BCUT2D eigenvalue weighted by Crippen LogP contribution is -2.15. The molecule has 1 fully saturated rings. The van der Waals surface area contributed by atoms with Gasteiger partial charge in [-0.2, -0.15) is 14.5 Å². The fourth-order valence-corrected chi connectivity index (χ4v) is 4.69. The molecule has 1 aliphatic carbocycles. The molecule has 6 heteroatoms. The molecule has 1 N–H and O–H groups in total. The van der Waals surface area contributed by atoms with Crippen molar-refractivity contribution >= 4 is 34.2 Å². The number of rotatable bonds is 6. The quantitative estimate of drug-likeness (QED) is 0.276. The number of hydrogen-bond donors (Lipinski definition) is 1. The molecule has 0 spiro atoms. The molecule has 0 atom stereocenters. The van der Waals surface area contributed by atoms with E-state index in [9.17, 15) is 4.39 Å². The van der Waals surface area contributed by atoms with Gasteiger partial charge in [0.05, 0.1) is 10.9 Å². The van der Waals surface area contributed by atoms with E-state index in [-0.39, 0.29) is 0 Å². The zero-order chi connectivity index (χ0) is 23.6. The van der Waals surface area contributed by atoms with Crippen LogP contribution < -0.4 is 0 Å². The number of H-pyrrole nitrogens is 1. The third-order valence-electron chi connectivity index (χ3n) is 6.67. The molecule has 0 bridgehead atoms. The molecule has 6 rings (SSSR count). The predicted molar refractivity (Wildman–Crippen MR) is 135 cm³/mol. The molecule has 0 radical (unpaired) electrons. The Morgan fingerprint density at radius 2 is 1.71 bits per heavy atom. The van der Waals surface area contributed by atoms with Gasteiger partial charge in [-0.3, -0.25) is 5.10 Å². The van der Waals surface area contributed by atoms with Gasteiger partial charge in [0.25, 0.3) is 0 Å². The zero-order valence-electron chi connectivity index (χ0n) is 19.0. The number of hydrogen-bond acceptors (Lipinski definition) is 4. The molecule has 2 heterocycles. The smallest absolute Gasteiger partial charge is 0.216 e.